The molecule has 0 spiro atoms. The van der Waals surface area contributed by atoms with Crippen LogP contribution in [0.5, 0.6) is 0 Å². The quantitative estimate of drug-likeness (QED) is 0.636. The molecule has 0 bridgehead atoms. The molecule has 0 aliphatic heterocycles. The van der Waals surface area contributed by atoms with Gasteiger partial charge in [-0.1, -0.05) is 26.2 Å². The van der Waals surface area contributed by atoms with E-state index in [1.54, 1.807) is 12.1 Å². The molecule has 0 aromatic carbocycles. The van der Waals surface area contributed by atoms with Gasteiger partial charge in [-0.3, -0.25) is 0 Å². The standard InChI is InChI=1S/C11H12N4/c1-2-3-4-5-11(8-14,9-15)10(6-12)7-13/h10H,2-5H2,1H3. The Balaban J connectivity index is 4.79. The summed E-state index contributed by atoms with van der Waals surface area (Å²) in [5.74, 6) is -1.16. The SMILES string of the molecule is CCCCCC(C#N)(C#N)C(C#N)C#N. The maximum Gasteiger partial charge on any atom is 0.172 e. The first-order chi connectivity index (χ1) is 7.20. The van der Waals surface area contributed by atoms with Crippen LogP contribution in [0.2, 0.25) is 0 Å². The van der Waals surface area contributed by atoms with Gasteiger partial charge in [-0.05, 0) is 6.42 Å². The highest BCUT2D eigenvalue weighted by atomic mass is 14.5. The minimum Gasteiger partial charge on any atom is -0.197 e. The molecule has 0 radical (unpaired) electrons. The average Bonchev–Trinajstić information content (AvgIpc) is 2.28. The first-order valence-electron chi connectivity index (χ1n) is 4.82. The molecule has 15 heavy (non-hydrogen) atoms. The molecule has 4 nitrogen and oxygen atoms in total. The molecule has 0 N–H and O–H groups in total. The Morgan fingerprint density at radius 1 is 1.00 bits per heavy atom. The highest BCUT2D eigenvalue weighted by Crippen LogP contribution is 2.32. The molecule has 0 rings (SSSR count). The molecule has 0 amide bonds. The van der Waals surface area contributed by atoms with E-state index in [1.165, 1.54) is 0 Å². The summed E-state index contributed by atoms with van der Waals surface area (Å²) < 4.78 is 0. The van der Waals surface area contributed by atoms with Crippen molar-refractivity contribution in [1.29, 1.82) is 21.0 Å². The minimum absolute atomic E-state index is 0.291. The summed E-state index contributed by atoms with van der Waals surface area (Å²) >= 11 is 0. The Kier molecular flexibility index (Phi) is 5.55. The number of unbranched alkanes of at least 4 members (excludes halogenated alkanes) is 2. The second-order valence-corrected chi connectivity index (χ2v) is 3.34. The molecule has 0 unspecified atom stereocenters. The summed E-state index contributed by atoms with van der Waals surface area (Å²) in [4.78, 5) is 0. The van der Waals surface area contributed by atoms with Gasteiger partial charge in [0.1, 0.15) is 0 Å². The fourth-order valence-electron chi connectivity index (χ4n) is 1.31. The molecule has 0 atom stereocenters. The van der Waals surface area contributed by atoms with E-state index >= 15 is 0 Å². The summed E-state index contributed by atoms with van der Waals surface area (Å²) in [5, 5.41) is 35.3. The number of nitrogens with zero attached hydrogens (tertiary/aromatic N) is 4. The Morgan fingerprint density at radius 2 is 1.53 bits per heavy atom. The summed E-state index contributed by atoms with van der Waals surface area (Å²) in [6.07, 6.45) is 2.85. The van der Waals surface area contributed by atoms with Gasteiger partial charge in [0.05, 0.1) is 24.3 Å². The molecule has 4 heteroatoms. The smallest absolute Gasteiger partial charge is 0.172 e. The minimum atomic E-state index is -1.46. The number of rotatable bonds is 5. The highest BCUT2D eigenvalue weighted by Gasteiger charge is 2.39. The van der Waals surface area contributed by atoms with Crippen molar-refractivity contribution >= 4 is 0 Å². The van der Waals surface area contributed by atoms with Crippen LogP contribution in [0.4, 0.5) is 0 Å². The van der Waals surface area contributed by atoms with E-state index in [9.17, 15) is 0 Å². The van der Waals surface area contributed by atoms with Crippen molar-refractivity contribution in [3.8, 4) is 24.3 Å². The zero-order chi connectivity index (χ0) is 11.7. The lowest BCUT2D eigenvalue weighted by molar-refractivity contribution is 0.400. The first kappa shape index (κ1) is 13.0. The monoisotopic (exact) mass is 200 g/mol. The number of nitriles is 4. The van der Waals surface area contributed by atoms with Crippen LogP contribution in [-0.4, -0.2) is 0 Å². The lowest BCUT2D eigenvalue weighted by Crippen LogP contribution is -2.25. The lowest BCUT2D eigenvalue weighted by Gasteiger charge is -2.18. The zero-order valence-electron chi connectivity index (χ0n) is 8.69. The van der Waals surface area contributed by atoms with Crippen LogP contribution in [0.3, 0.4) is 0 Å². The molecule has 0 aliphatic rings. The topological polar surface area (TPSA) is 95.2 Å². The van der Waals surface area contributed by atoms with Crippen molar-refractivity contribution < 1.29 is 0 Å². The van der Waals surface area contributed by atoms with Gasteiger partial charge >= 0.3 is 0 Å². The van der Waals surface area contributed by atoms with E-state index in [2.05, 4.69) is 0 Å². The van der Waals surface area contributed by atoms with Gasteiger partial charge in [0.2, 0.25) is 0 Å². The molecule has 76 valence electrons. The molecule has 0 heterocycles. The first-order valence-corrected chi connectivity index (χ1v) is 4.82. The van der Waals surface area contributed by atoms with Crippen molar-refractivity contribution in [1.82, 2.24) is 0 Å². The van der Waals surface area contributed by atoms with Crippen LogP contribution in [0, 0.1) is 56.7 Å². The van der Waals surface area contributed by atoms with Gasteiger partial charge in [0.15, 0.2) is 11.3 Å². The summed E-state index contributed by atoms with van der Waals surface area (Å²) in [7, 11) is 0. The van der Waals surface area contributed by atoms with Gasteiger partial charge in [-0.15, -0.1) is 0 Å². The fourth-order valence-corrected chi connectivity index (χ4v) is 1.31. The molecule has 0 saturated heterocycles. The molecular formula is C11H12N4. The van der Waals surface area contributed by atoms with Gasteiger partial charge in [0.25, 0.3) is 0 Å². The second-order valence-electron chi connectivity index (χ2n) is 3.34. The van der Waals surface area contributed by atoms with E-state index in [4.69, 9.17) is 21.0 Å². The van der Waals surface area contributed by atoms with E-state index in [0.29, 0.717) is 12.8 Å². The van der Waals surface area contributed by atoms with Crippen LogP contribution in [0.15, 0.2) is 0 Å². The second kappa shape index (κ2) is 6.42. The molecule has 0 saturated carbocycles. The van der Waals surface area contributed by atoms with E-state index in [1.807, 2.05) is 19.1 Å². The van der Waals surface area contributed by atoms with Gasteiger partial charge < -0.3 is 0 Å². The Labute approximate surface area is 90.0 Å². The molecule has 0 aromatic rings. The van der Waals surface area contributed by atoms with Crippen molar-refractivity contribution in [2.75, 3.05) is 0 Å². The number of hydrogen-bond donors (Lipinski definition) is 0. The van der Waals surface area contributed by atoms with Crippen LogP contribution < -0.4 is 0 Å². The normalized spacial score (nSPS) is 9.73. The maximum absolute atomic E-state index is 8.93. The highest BCUT2D eigenvalue weighted by molar-refractivity contribution is 5.26. The maximum atomic E-state index is 8.93. The largest absolute Gasteiger partial charge is 0.197 e. The Bertz CT molecular complexity index is 330. The van der Waals surface area contributed by atoms with Crippen molar-refractivity contribution in [3.63, 3.8) is 0 Å². The third kappa shape index (κ3) is 2.98. The molecule has 0 aromatic heterocycles. The summed E-state index contributed by atoms with van der Waals surface area (Å²) in [6, 6.07) is 7.07. The Morgan fingerprint density at radius 3 is 1.87 bits per heavy atom. The predicted molar refractivity (Wildman–Crippen MR) is 52.5 cm³/mol. The Hall–Kier alpha value is -2.04. The molecule has 0 aliphatic carbocycles. The van der Waals surface area contributed by atoms with Crippen molar-refractivity contribution in [2.24, 2.45) is 11.3 Å². The van der Waals surface area contributed by atoms with Gasteiger partial charge in [-0.25, -0.2) is 0 Å². The molecule has 0 fully saturated rings. The summed E-state index contributed by atoms with van der Waals surface area (Å²) in [5.41, 5.74) is -1.46. The third-order valence-electron chi connectivity index (χ3n) is 2.32. The van der Waals surface area contributed by atoms with Crippen LogP contribution in [0.1, 0.15) is 32.6 Å². The molecular weight excluding hydrogens is 188 g/mol. The van der Waals surface area contributed by atoms with Crippen molar-refractivity contribution in [3.05, 3.63) is 0 Å². The lowest BCUT2D eigenvalue weighted by atomic mass is 9.75. The van der Waals surface area contributed by atoms with E-state index in [-0.39, 0.29) is 0 Å². The predicted octanol–water partition coefficient (Wildman–Crippen LogP) is 2.26. The third-order valence-corrected chi connectivity index (χ3v) is 2.32. The zero-order valence-corrected chi connectivity index (χ0v) is 8.69. The number of hydrogen-bond acceptors (Lipinski definition) is 4. The fraction of sp³-hybridized carbons (Fsp3) is 0.636. The summed E-state index contributed by atoms with van der Waals surface area (Å²) in [6.45, 7) is 2.01. The van der Waals surface area contributed by atoms with Crippen LogP contribution in [0.25, 0.3) is 0 Å². The van der Waals surface area contributed by atoms with Crippen molar-refractivity contribution in [2.45, 2.75) is 32.6 Å². The van der Waals surface area contributed by atoms with Gasteiger partial charge in [0, 0.05) is 0 Å². The van der Waals surface area contributed by atoms with E-state index in [0.717, 1.165) is 12.8 Å². The van der Waals surface area contributed by atoms with Crippen LogP contribution in [-0.2, 0) is 0 Å². The average molecular weight is 200 g/mol. The van der Waals surface area contributed by atoms with E-state index < -0.39 is 11.3 Å². The van der Waals surface area contributed by atoms with Crippen LogP contribution >= 0.6 is 0 Å². The van der Waals surface area contributed by atoms with Gasteiger partial charge in [-0.2, -0.15) is 21.0 Å².